The van der Waals surface area contributed by atoms with Crippen molar-refractivity contribution >= 4 is 56.2 Å². The third-order valence-corrected chi connectivity index (χ3v) is 7.22. The van der Waals surface area contributed by atoms with Gasteiger partial charge in [0.15, 0.2) is 0 Å². The molecule has 6 aromatic carbocycles. The van der Waals surface area contributed by atoms with E-state index in [-0.39, 0.29) is 21.9 Å². The summed E-state index contributed by atoms with van der Waals surface area (Å²) in [6.07, 6.45) is 0. The summed E-state index contributed by atoms with van der Waals surface area (Å²) in [7, 11) is 0. The molecule has 6 rings (SSSR count). The number of benzene rings is 6. The van der Waals surface area contributed by atoms with Gasteiger partial charge in [0.05, 0.1) is 22.3 Å². The molecule has 0 fully saturated rings. The van der Waals surface area contributed by atoms with Crippen molar-refractivity contribution in [3.63, 3.8) is 0 Å². The zero-order valence-corrected chi connectivity index (χ0v) is 20.5. The van der Waals surface area contributed by atoms with Crippen molar-refractivity contribution in [1.82, 2.24) is 0 Å². The zero-order chi connectivity index (χ0) is 28.3. The van der Waals surface area contributed by atoms with Crippen molar-refractivity contribution < 1.29 is 39.6 Å². The van der Waals surface area contributed by atoms with E-state index >= 15 is 0 Å². The second-order valence-corrected chi connectivity index (χ2v) is 9.27. The first-order chi connectivity index (χ1) is 19.2. The van der Waals surface area contributed by atoms with E-state index in [1.165, 1.54) is 24.3 Å². The van der Waals surface area contributed by atoms with E-state index in [2.05, 4.69) is 0 Å². The van der Waals surface area contributed by atoms with E-state index in [0.717, 1.165) is 0 Å². The van der Waals surface area contributed by atoms with Crippen LogP contribution < -0.4 is 0 Å². The number of aromatic carboxylic acids is 4. The third-order valence-electron chi connectivity index (χ3n) is 7.22. The predicted molar refractivity (Wildman–Crippen MR) is 149 cm³/mol. The highest BCUT2D eigenvalue weighted by atomic mass is 16.4. The van der Waals surface area contributed by atoms with Crippen molar-refractivity contribution in [2.45, 2.75) is 0 Å². The van der Waals surface area contributed by atoms with Gasteiger partial charge in [-0.15, -0.1) is 0 Å². The Labute approximate surface area is 225 Å². The Balaban J connectivity index is 1.98. The molecule has 0 unspecified atom stereocenters. The first-order valence-electron chi connectivity index (χ1n) is 12.1. The predicted octanol–water partition coefficient (Wildman–Crippen LogP) is 6.71. The summed E-state index contributed by atoms with van der Waals surface area (Å²) in [6, 6.07) is 23.0. The van der Waals surface area contributed by atoms with E-state index in [4.69, 9.17) is 0 Å². The summed E-state index contributed by atoms with van der Waals surface area (Å²) < 4.78 is 0. The van der Waals surface area contributed by atoms with Crippen molar-refractivity contribution in [3.8, 4) is 22.3 Å². The molecule has 8 heteroatoms. The lowest BCUT2D eigenvalue weighted by Gasteiger charge is -2.22. The quantitative estimate of drug-likeness (QED) is 0.174. The van der Waals surface area contributed by atoms with Crippen LogP contribution in [0, 0.1) is 0 Å². The summed E-state index contributed by atoms with van der Waals surface area (Å²) in [6.45, 7) is 0. The molecule has 0 aliphatic heterocycles. The second kappa shape index (κ2) is 8.92. The summed E-state index contributed by atoms with van der Waals surface area (Å²) in [5.74, 6) is -5.77. The highest BCUT2D eigenvalue weighted by Gasteiger charge is 2.32. The fourth-order valence-corrected chi connectivity index (χ4v) is 5.80. The molecule has 0 spiro atoms. The third kappa shape index (κ3) is 3.40. The van der Waals surface area contributed by atoms with Gasteiger partial charge in [-0.2, -0.15) is 0 Å². The average Bonchev–Trinajstić information content (AvgIpc) is 2.94. The summed E-state index contributed by atoms with van der Waals surface area (Å²) in [5.41, 5.74) is -0.375. The SMILES string of the molecule is O=C(O)c1c(C(=O)O)c2ccc3c(-c4ccccc4)c(C(=O)O)c(C(=O)O)c4ccc(c1-c1ccccc1)c2c43. The van der Waals surface area contributed by atoms with Crippen LogP contribution in [0.1, 0.15) is 41.4 Å². The minimum absolute atomic E-state index is 0.108. The smallest absolute Gasteiger partial charge is 0.337 e. The molecular formula is C32H18O8. The van der Waals surface area contributed by atoms with Gasteiger partial charge in [0.1, 0.15) is 0 Å². The van der Waals surface area contributed by atoms with Crippen molar-refractivity contribution in [2.24, 2.45) is 0 Å². The Bertz CT molecular complexity index is 1890. The van der Waals surface area contributed by atoms with Gasteiger partial charge >= 0.3 is 23.9 Å². The van der Waals surface area contributed by atoms with Gasteiger partial charge in [-0.05, 0) is 43.4 Å². The molecule has 0 aromatic heterocycles. The van der Waals surface area contributed by atoms with Crippen LogP contribution in [-0.2, 0) is 0 Å². The Hall–Kier alpha value is -5.76. The Morgan fingerprint density at radius 1 is 0.375 bits per heavy atom. The van der Waals surface area contributed by atoms with Gasteiger partial charge in [-0.3, -0.25) is 0 Å². The van der Waals surface area contributed by atoms with E-state index in [9.17, 15) is 39.6 Å². The molecule has 8 nitrogen and oxygen atoms in total. The fourth-order valence-electron chi connectivity index (χ4n) is 5.80. The highest BCUT2D eigenvalue weighted by Crippen LogP contribution is 2.48. The monoisotopic (exact) mass is 530 g/mol. The summed E-state index contributed by atoms with van der Waals surface area (Å²) in [4.78, 5) is 50.4. The Morgan fingerprint density at radius 3 is 0.975 bits per heavy atom. The molecule has 0 aliphatic rings. The number of rotatable bonds is 6. The first-order valence-corrected chi connectivity index (χ1v) is 12.1. The molecule has 4 N–H and O–H groups in total. The fraction of sp³-hybridized carbons (Fsp3) is 0. The molecule has 6 aromatic rings. The van der Waals surface area contributed by atoms with Gasteiger partial charge in [0.2, 0.25) is 0 Å². The largest absolute Gasteiger partial charge is 0.478 e. The van der Waals surface area contributed by atoms with Gasteiger partial charge in [-0.25, -0.2) is 19.2 Å². The van der Waals surface area contributed by atoms with Crippen LogP contribution in [-0.4, -0.2) is 44.3 Å². The van der Waals surface area contributed by atoms with Gasteiger partial charge < -0.3 is 20.4 Å². The van der Waals surface area contributed by atoms with E-state index in [1.807, 2.05) is 0 Å². The number of hydrogen-bond acceptors (Lipinski definition) is 4. The summed E-state index contributed by atoms with van der Waals surface area (Å²) >= 11 is 0. The molecule has 40 heavy (non-hydrogen) atoms. The molecule has 0 radical (unpaired) electrons. The van der Waals surface area contributed by atoms with Crippen LogP contribution in [0.5, 0.6) is 0 Å². The minimum atomic E-state index is -1.46. The normalized spacial score (nSPS) is 11.3. The summed E-state index contributed by atoms with van der Waals surface area (Å²) in [5, 5.41) is 42.7. The maximum Gasteiger partial charge on any atom is 0.337 e. The Kier molecular flexibility index (Phi) is 5.48. The van der Waals surface area contributed by atoms with Gasteiger partial charge in [-0.1, -0.05) is 84.9 Å². The van der Waals surface area contributed by atoms with Gasteiger partial charge in [0, 0.05) is 11.1 Å². The van der Waals surface area contributed by atoms with Crippen LogP contribution >= 0.6 is 0 Å². The molecule has 0 atom stereocenters. The molecule has 194 valence electrons. The van der Waals surface area contributed by atoms with E-state index in [0.29, 0.717) is 32.7 Å². The van der Waals surface area contributed by atoms with Crippen LogP contribution in [0.25, 0.3) is 54.6 Å². The number of hydrogen-bond donors (Lipinski definition) is 4. The maximum atomic E-state index is 12.6. The lowest BCUT2D eigenvalue weighted by atomic mass is 9.79. The van der Waals surface area contributed by atoms with E-state index in [1.54, 1.807) is 60.7 Å². The molecule has 0 saturated carbocycles. The highest BCUT2D eigenvalue weighted by molar-refractivity contribution is 6.36. The van der Waals surface area contributed by atoms with Crippen LogP contribution in [0.4, 0.5) is 0 Å². The zero-order valence-electron chi connectivity index (χ0n) is 20.5. The lowest BCUT2D eigenvalue weighted by molar-refractivity contribution is 0.0654. The van der Waals surface area contributed by atoms with E-state index < -0.39 is 46.1 Å². The molecule has 0 saturated heterocycles. The standard InChI is InChI=1S/C32H18O8/c33-29(34)25-19-14-12-18-22(16-9-5-2-6-10-16)28(32(39)40)26(30(35)36)20-13-11-17(23(19)24(18)20)21(27(25)31(37)38)15-7-3-1-4-8-15/h1-14H,(H,33,34)(H,35,36)(H,37,38)(H,39,40). The first kappa shape index (κ1) is 24.6. The van der Waals surface area contributed by atoms with Gasteiger partial charge in [0.25, 0.3) is 0 Å². The average molecular weight is 530 g/mol. The number of carboxylic acids is 4. The van der Waals surface area contributed by atoms with Crippen molar-refractivity contribution in [2.75, 3.05) is 0 Å². The topological polar surface area (TPSA) is 149 Å². The molecule has 0 amide bonds. The van der Waals surface area contributed by atoms with Crippen LogP contribution in [0.2, 0.25) is 0 Å². The van der Waals surface area contributed by atoms with Crippen LogP contribution in [0.3, 0.4) is 0 Å². The second-order valence-electron chi connectivity index (χ2n) is 9.27. The Morgan fingerprint density at radius 2 is 0.675 bits per heavy atom. The number of carboxylic acid groups (broad SMARTS) is 4. The van der Waals surface area contributed by atoms with Crippen LogP contribution in [0.15, 0.2) is 84.9 Å². The van der Waals surface area contributed by atoms with Crippen molar-refractivity contribution in [1.29, 1.82) is 0 Å². The molecule has 0 heterocycles. The molecule has 0 bridgehead atoms. The van der Waals surface area contributed by atoms with Crippen molar-refractivity contribution in [3.05, 3.63) is 107 Å². The molecular weight excluding hydrogens is 512 g/mol. The lowest BCUT2D eigenvalue weighted by Crippen LogP contribution is -2.14. The number of carbonyl (C=O) groups is 4. The molecule has 0 aliphatic carbocycles. The minimum Gasteiger partial charge on any atom is -0.478 e. The maximum absolute atomic E-state index is 12.6.